The van der Waals surface area contributed by atoms with E-state index in [9.17, 15) is 0 Å². The van der Waals surface area contributed by atoms with Crippen LogP contribution in [-0.2, 0) is 0 Å². The van der Waals surface area contributed by atoms with Crippen LogP contribution in [0.3, 0.4) is 0 Å². The number of H-pyrrole nitrogens is 1. The quantitative estimate of drug-likeness (QED) is 0.766. The molecule has 21 heavy (non-hydrogen) atoms. The highest BCUT2D eigenvalue weighted by atomic mass is 16.5. The summed E-state index contributed by atoms with van der Waals surface area (Å²) in [5.41, 5.74) is 2.26. The van der Waals surface area contributed by atoms with E-state index in [1.54, 1.807) is 13.2 Å². The highest BCUT2D eigenvalue weighted by molar-refractivity contribution is 5.72. The van der Waals surface area contributed by atoms with Crippen molar-refractivity contribution in [1.29, 1.82) is 0 Å². The van der Waals surface area contributed by atoms with E-state index in [4.69, 9.17) is 9.47 Å². The monoisotopic (exact) mass is 283 g/mol. The second kappa shape index (κ2) is 5.53. The van der Waals surface area contributed by atoms with Gasteiger partial charge < -0.3 is 9.47 Å². The number of ether oxygens (including phenoxy) is 2. The summed E-state index contributed by atoms with van der Waals surface area (Å²) in [5, 5.41) is 13.8. The van der Waals surface area contributed by atoms with Gasteiger partial charge >= 0.3 is 6.01 Å². The maximum atomic E-state index is 5.32. The van der Waals surface area contributed by atoms with E-state index in [0.29, 0.717) is 17.3 Å². The zero-order valence-corrected chi connectivity index (χ0v) is 11.4. The molecule has 0 aliphatic rings. The summed E-state index contributed by atoms with van der Waals surface area (Å²) < 4.78 is 10.3. The Morgan fingerprint density at radius 2 is 2.10 bits per heavy atom. The van der Waals surface area contributed by atoms with Gasteiger partial charge in [0.15, 0.2) is 5.82 Å². The van der Waals surface area contributed by atoms with Gasteiger partial charge in [0.25, 0.3) is 0 Å². The van der Waals surface area contributed by atoms with Gasteiger partial charge in [-0.1, -0.05) is 0 Å². The molecule has 0 aliphatic heterocycles. The van der Waals surface area contributed by atoms with E-state index < -0.39 is 0 Å². The molecule has 0 saturated carbocycles. The molecular weight excluding hydrogens is 272 g/mol. The molecule has 105 valence electrons. The minimum Gasteiger partial charge on any atom is -0.496 e. The molecule has 0 aliphatic carbocycles. The molecule has 0 spiro atoms. The summed E-state index contributed by atoms with van der Waals surface area (Å²) in [6.07, 6.45) is 2.74. The van der Waals surface area contributed by atoms with Gasteiger partial charge in [-0.3, -0.25) is 0 Å². The van der Waals surface area contributed by atoms with Crippen molar-refractivity contribution >= 4 is 0 Å². The van der Waals surface area contributed by atoms with Crippen molar-refractivity contribution in [2.45, 2.75) is 0 Å². The number of hydrogen-bond acceptors (Lipinski definition) is 7. The molecule has 0 unspecified atom stereocenters. The third-order valence-corrected chi connectivity index (χ3v) is 2.86. The smallest absolute Gasteiger partial charge is 0.317 e. The van der Waals surface area contributed by atoms with Crippen molar-refractivity contribution in [2.75, 3.05) is 14.2 Å². The molecule has 2 aromatic heterocycles. The number of tetrazole rings is 1. The molecule has 0 saturated heterocycles. The largest absolute Gasteiger partial charge is 0.496 e. The minimum absolute atomic E-state index is 0.256. The van der Waals surface area contributed by atoms with E-state index in [2.05, 4.69) is 36.8 Å². The van der Waals surface area contributed by atoms with Gasteiger partial charge in [0.2, 0.25) is 0 Å². The summed E-state index contributed by atoms with van der Waals surface area (Å²) >= 11 is 0. The number of aromatic nitrogens is 6. The predicted molar refractivity (Wildman–Crippen MR) is 72.6 cm³/mol. The Bertz CT molecular complexity index is 744. The van der Waals surface area contributed by atoms with Crippen LogP contribution in [0.4, 0.5) is 0 Å². The van der Waals surface area contributed by atoms with Crippen LogP contribution in [0, 0.1) is 6.20 Å². The maximum absolute atomic E-state index is 5.32. The Labute approximate surface area is 120 Å². The van der Waals surface area contributed by atoms with E-state index in [1.165, 1.54) is 7.11 Å². The van der Waals surface area contributed by atoms with Crippen molar-refractivity contribution in [2.24, 2.45) is 0 Å². The van der Waals surface area contributed by atoms with Crippen LogP contribution in [0.5, 0.6) is 11.8 Å². The lowest BCUT2D eigenvalue weighted by molar-refractivity contribution is 0.380. The van der Waals surface area contributed by atoms with Gasteiger partial charge in [0.05, 0.1) is 31.7 Å². The van der Waals surface area contributed by atoms with E-state index in [1.807, 2.05) is 18.2 Å². The Morgan fingerprint density at radius 1 is 1.19 bits per heavy atom. The normalized spacial score (nSPS) is 10.4. The van der Waals surface area contributed by atoms with Gasteiger partial charge in [-0.25, -0.2) is 5.10 Å². The Balaban J connectivity index is 2.10. The lowest BCUT2D eigenvalue weighted by atomic mass is 10.1. The fraction of sp³-hybridized carbons (Fsp3) is 0.154. The fourth-order valence-electron chi connectivity index (χ4n) is 1.87. The second-order valence-corrected chi connectivity index (χ2v) is 4.03. The van der Waals surface area contributed by atoms with Gasteiger partial charge in [-0.2, -0.15) is 9.97 Å². The average molecular weight is 283 g/mol. The first-order chi connectivity index (χ1) is 10.3. The molecule has 0 fully saturated rings. The number of hydrogen-bond donors (Lipinski definition) is 1. The summed E-state index contributed by atoms with van der Waals surface area (Å²) in [4.78, 5) is 8.14. The fourth-order valence-corrected chi connectivity index (χ4v) is 1.87. The first-order valence-electron chi connectivity index (χ1n) is 6.03. The second-order valence-electron chi connectivity index (χ2n) is 4.03. The van der Waals surface area contributed by atoms with Gasteiger partial charge in [0, 0.05) is 5.56 Å². The highest BCUT2D eigenvalue weighted by Crippen LogP contribution is 2.31. The molecule has 0 amide bonds. The first-order valence-corrected chi connectivity index (χ1v) is 6.03. The predicted octanol–water partition coefficient (Wildman–Crippen LogP) is 1.14. The molecule has 1 radical (unpaired) electrons. The molecule has 8 nitrogen and oxygen atoms in total. The Kier molecular flexibility index (Phi) is 3.42. The molecular formula is C13H11N6O2. The van der Waals surface area contributed by atoms with Gasteiger partial charge in [-0.05, 0) is 34.7 Å². The molecule has 0 bridgehead atoms. The maximum Gasteiger partial charge on any atom is 0.317 e. The molecule has 1 N–H and O–H groups in total. The number of methoxy groups -OCH3 is 2. The zero-order chi connectivity index (χ0) is 14.7. The standard InChI is InChI=1S/C13H11N6O2/c1-20-11-4-3-8(7-9(11)12-16-18-19-17-12)10-5-6-14-13(15-10)21-2/h3-5,7H,1-2H3,(H,16,17,18,19). The number of nitrogens with one attached hydrogen (secondary N) is 1. The Morgan fingerprint density at radius 3 is 2.81 bits per heavy atom. The highest BCUT2D eigenvalue weighted by Gasteiger charge is 2.12. The molecule has 3 rings (SSSR count). The molecule has 0 atom stereocenters. The topological polar surface area (TPSA) is 98.7 Å². The van der Waals surface area contributed by atoms with Crippen molar-refractivity contribution < 1.29 is 9.47 Å². The van der Waals surface area contributed by atoms with Crippen LogP contribution in [0.15, 0.2) is 24.3 Å². The number of nitrogens with zero attached hydrogens (tertiary/aromatic N) is 5. The van der Waals surface area contributed by atoms with Gasteiger partial charge in [0.1, 0.15) is 5.75 Å². The lowest BCUT2D eigenvalue weighted by Gasteiger charge is -2.08. The SMILES string of the molecule is COc1n[c]cc(-c2ccc(OC)c(-c3nnn[nH]3)c2)n1. The van der Waals surface area contributed by atoms with E-state index >= 15 is 0 Å². The van der Waals surface area contributed by atoms with Gasteiger partial charge in [-0.15, -0.1) is 5.10 Å². The van der Waals surface area contributed by atoms with Crippen LogP contribution in [-0.4, -0.2) is 44.8 Å². The van der Waals surface area contributed by atoms with Crippen LogP contribution in [0.2, 0.25) is 0 Å². The average Bonchev–Trinajstić information content (AvgIpc) is 3.08. The minimum atomic E-state index is 0.256. The van der Waals surface area contributed by atoms with Crippen LogP contribution < -0.4 is 9.47 Å². The summed E-state index contributed by atoms with van der Waals surface area (Å²) in [6.45, 7) is 0. The number of benzene rings is 1. The third kappa shape index (κ3) is 2.50. The van der Waals surface area contributed by atoms with E-state index in [0.717, 1.165) is 11.1 Å². The van der Waals surface area contributed by atoms with Crippen molar-refractivity contribution in [3.8, 4) is 34.4 Å². The number of rotatable bonds is 4. The number of aromatic amines is 1. The summed E-state index contributed by atoms with van der Waals surface area (Å²) in [5.74, 6) is 1.17. The summed E-state index contributed by atoms with van der Waals surface area (Å²) in [6, 6.07) is 7.50. The van der Waals surface area contributed by atoms with Crippen molar-refractivity contribution in [3.63, 3.8) is 0 Å². The first kappa shape index (κ1) is 13.0. The Hall–Kier alpha value is -3.03. The van der Waals surface area contributed by atoms with E-state index in [-0.39, 0.29) is 6.01 Å². The van der Waals surface area contributed by atoms with Crippen molar-refractivity contribution in [3.05, 3.63) is 30.5 Å². The molecule has 8 heteroatoms. The van der Waals surface area contributed by atoms with Crippen LogP contribution >= 0.6 is 0 Å². The lowest BCUT2D eigenvalue weighted by Crippen LogP contribution is -1.95. The molecule has 2 heterocycles. The third-order valence-electron chi connectivity index (χ3n) is 2.86. The van der Waals surface area contributed by atoms with Crippen molar-refractivity contribution in [1.82, 2.24) is 30.6 Å². The van der Waals surface area contributed by atoms with Crippen LogP contribution in [0.25, 0.3) is 22.6 Å². The summed E-state index contributed by atoms with van der Waals surface area (Å²) in [7, 11) is 3.09. The zero-order valence-electron chi connectivity index (χ0n) is 11.4. The van der Waals surface area contributed by atoms with Crippen LogP contribution in [0.1, 0.15) is 0 Å². The molecule has 1 aromatic carbocycles. The molecule has 3 aromatic rings.